The number of benzene rings is 1. The number of carbonyl (C=O) groups is 1. The lowest BCUT2D eigenvalue weighted by molar-refractivity contribution is -0.122. The molecule has 6 heteroatoms. The Morgan fingerprint density at radius 3 is 3.00 bits per heavy atom. The van der Waals surface area contributed by atoms with Crippen molar-refractivity contribution >= 4 is 27.5 Å². The summed E-state index contributed by atoms with van der Waals surface area (Å²) in [5.74, 6) is 0.0368. The fourth-order valence-electron chi connectivity index (χ4n) is 2.02. The Kier molecular flexibility index (Phi) is 6.10. The number of carbonyl (C=O) groups excluding carboxylic acids is 1. The highest BCUT2D eigenvalue weighted by Crippen LogP contribution is 2.22. The van der Waals surface area contributed by atoms with Gasteiger partial charge in [0.15, 0.2) is 0 Å². The van der Waals surface area contributed by atoms with Crippen LogP contribution in [0.5, 0.6) is 0 Å². The zero-order valence-electron chi connectivity index (χ0n) is 12.5. The number of amides is 1. The van der Waals surface area contributed by atoms with Gasteiger partial charge in [-0.3, -0.25) is 9.69 Å². The van der Waals surface area contributed by atoms with Crippen LogP contribution in [0, 0.1) is 0 Å². The molecule has 1 amide bonds. The number of fused-ring (bicyclic) bond motifs is 1. The summed E-state index contributed by atoms with van der Waals surface area (Å²) in [6, 6.07) is 8.08. The van der Waals surface area contributed by atoms with Crippen LogP contribution in [0.3, 0.4) is 0 Å². The lowest BCUT2D eigenvalue weighted by Gasteiger charge is -2.14. The van der Waals surface area contributed by atoms with Gasteiger partial charge in [0.05, 0.1) is 23.3 Å². The molecular formula is C15H21N3O2S. The van der Waals surface area contributed by atoms with Gasteiger partial charge in [-0.25, -0.2) is 4.98 Å². The average Bonchev–Trinajstić information content (AvgIpc) is 2.85. The largest absolute Gasteiger partial charge is 0.385 e. The Bertz CT molecular complexity index is 552. The van der Waals surface area contributed by atoms with Crippen molar-refractivity contribution in [1.29, 1.82) is 0 Å². The number of likely N-dealkylation sites (N-methyl/N-ethyl adjacent to an activating group) is 1. The van der Waals surface area contributed by atoms with Gasteiger partial charge >= 0.3 is 0 Å². The first-order chi connectivity index (χ1) is 10.2. The number of para-hydroxylation sites is 1. The van der Waals surface area contributed by atoms with Crippen molar-refractivity contribution in [2.45, 2.75) is 13.0 Å². The zero-order valence-corrected chi connectivity index (χ0v) is 13.3. The molecule has 0 atom stereocenters. The summed E-state index contributed by atoms with van der Waals surface area (Å²) < 4.78 is 6.13. The third-order valence-electron chi connectivity index (χ3n) is 3.00. The van der Waals surface area contributed by atoms with E-state index < -0.39 is 0 Å². The number of hydrogen-bond donors (Lipinski definition) is 1. The molecule has 0 bridgehead atoms. The summed E-state index contributed by atoms with van der Waals surface area (Å²) in [6.45, 7) is 2.39. The summed E-state index contributed by atoms with van der Waals surface area (Å²) >= 11 is 1.68. The van der Waals surface area contributed by atoms with E-state index in [1.807, 2.05) is 30.1 Å². The van der Waals surface area contributed by atoms with Gasteiger partial charge < -0.3 is 10.1 Å². The number of rotatable bonds is 8. The number of hydrogen-bond acceptors (Lipinski definition) is 5. The van der Waals surface area contributed by atoms with E-state index in [1.165, 1.54) is 4.70 Å². The Morgan fingerprint density at radius 1 is 1.43 bits per heavy atom. The first-order valence-corrected chi connectivity index (χ1v) is 7.79. The number of nitrogens with zero attached hydrogens (tertiary/aromatic N) is 2. The molecule has 0 aliphatic rings. The molecule has 1 N–H and O–H groups in total. The first kappa shape index (κ1) is 15.9. The normalized spacial score (nSPS) is 11.2. The second-order valence-electron chi connectivity index (χ2n) is 4.94. The van der Waals surface area contributed by atoms with Crippen LogP contribution >= 0.6 is 11.3 Å². The Hall–Kier alpha value is -1.50. The van der Waals surface area contributed by atoms with Crippen LogP contribution in [0.4, 0.5) is 0 Å². The second-order valence-corrected chi connectivity index (χ2v) is 6.06. The zero-order chi connectivity index (χ0) is 15.1. The maximum Gasteiger partial charge on any atom is 0.234 e. The second kappa shape index (κ2) is 8.07. The molecule has 0 aliphatic carbocycles. The standard InChI is InChI=1S/C15H21N3O2S/c1-18(10-14(19)16-8-5-9-20-2)11-15-17-12-6-3-4-7-13(12)21-15/h3-4,6-7H,5,8-11H2,1-2H3,(H,16,19). The lowest BCUT2D eigenvalue weighted by Crippen LogP contribution is -2.35. The highest BCUT2D eigenvalue weighted by Gasteiger charge is 2.09. The number of methoxy groups -OCH3 is 1. The molecule has 2 rings (SSSR count). The molecule has 0 fully saturated rings. The lowest BCUT2D eigenvalue weighted by atomic mass is 10.3. The van der Waals surface area contributed by atoms with Crippen LogP contribution in [0.15, 0.2) is 24.3 Å². The summed E-state index contributed by atoms with van der Waals surface area (Å²) in [7, 11) is 3.59. The van der Waals surface area contributed by atoms with Gasteiger partial charge in [0.2, 0.25) is 5.91 Å². The third kappa shape index (κ3) is 5.08. The summed E-state index contributed by atoms with van der Waals surface area (Å²) in [6.07, 6.45) is 0.837. The Labute approximate surface area is 128 Å². The van der Waals surface area contributed by atoms with Crippen molar-refractivity contribution < 1.29 is 9.53 Å². The molecule has 21 heavy (non-hydrogen) atoms. The molecule has 1 aromatic heterocycles. The monoisotopic (exact) mass is 307 g/mol. The molecule has 0 aliphatic heterocycles. The Morgan fingerprint density at radius 2 is 2.24 bits per heavy atom. The van der Waals surface area contributed by atoms with Crippen molar-refractivity contribution in [3.63, 3.8) is 0 Å². The number of nitrogens with one attached hydrogen (secondary N) is 1. The van der Waals surface area contributed by atoms with Gasteiger partial charge in [-0.05, 0) is 25.6 Å². The average molecular weight is 307 g/mol. The van der Waals surface area contributed by atoms with E-state index in [2.05, 4.69) is 16.4 Å². The molecule has 114 valence electrons. The molecule has 1 heterocycles. The van der Waals surface area contributed by atoms with Crippen LogP contribution in [0.2, 0.25) is 0 Å². The summed E-state index contributed by atoms with van der Waals surface area (Å²) in [4.78, 5) is 18.3. The van der Waals surface area contributed by atoms with E-state index in [-0.39, 0.29) is 5.91 Å². The Balaban J connectivity index is 1.78. The molecule has 0 unspecified atom stereocenters. The summed E-state index contributed by atoms with van der Waals surface area (Å²) in [5.41, 5.74) is 1.02. The van der Waals surface area contributed by atoms with Gasteiger partial charge in [0, 0.05) is 20.3 Å². The SMILES string of the molecule is COCCCNC(=O)CN(C)Cc1nc2ccccc2s1. The van der Waals surface area contributed by atoms with Gasteiger partial charge in [-0.15, -0.1) is 11.3 Å². The minimum absolute atomic E-state index is 0.0368. The highest BCUT2D eigenvalue weighted by molar-refractivity contribution is 7.18. The number of aromatic nitrogens is 1. The minimum Gasteiger partial charge on any atom is -0.385 e. The van der Waals surface area contributed by atoms with E-state index in [0.717, 1.165) is 16.9 Å². The van der Waals surface area contributed by atoms with Gasteiger partial charge in [0.25, 0.3) is 0 Å². The van der Waals surface area contributed by atoms with E-state index >= 15 is 0 Å². The third-order valence-corrected chi connectivity index (χ3v) is 4.03. The van der Waals surface area contributed by atoms with Crippen molar-refractivity contribution in [1.82, 2.24) is 15.2 Å². The van der Waals surface area contributed by atoms with Crippen molar-refractivity contribution in [3.8, 4) is 0 Å². The van der Waals surface area contributed by atoms with Gasteiger partial charge in [0.1, 0.15) is 5.01 Å². The van der Waals surface area contributed by atoms with Gasteiger partial charge in [-0.2, -0.15) is 0 Å². The van der Waals surface area contributed by atoms with Gasteiger partial charge in [-0.1, -0.05) is 12.1 Å². The fourth-order valence-corrected chi connectivity index (χ4v) is 3.07. The number of thiazole rings is 1. The first-order valence-electron chi connectivity index (χ1n) is 6.97. The molecule has 0 radical (unpaired) electrons. The number of ether oxygens (including phenoxy) is 1. The van der Waals surface area contributed by atoms with Crippen LogP contribution in [0.25, 0.3) is 10.2 Å². The van der Waals surface area contributed by atoms with E-state index in [4.69, 9.17) is 4.74 Å². The molecular weight excluding hydrogens is 286 g/mol. The molecule has 1 aromatic carbocycles. The summed E-state index contributed by atoms with van der Waals surface area (Å²) in [5, 5.41) is 3.92. The molecule has 2 aromatic rings. The molecule has 0 saturated carbocycles. The maximum atomic E-state index is 11.8. The van der Waals surface area contributed by atoms with Crippen LogP contribution in [-0.4, -0.2) is 49.6 Å². The predicted molar refractivity (Wildman–Crippen MR) is 85.5 cm³/mol. The maximum absolute atomic E-state index is 11.8. The minimum atomic E-state index is 0.0368. The molecule has 0 spiro atoms. The van der Waals surface area contributed by atoms with E-state index in [0.29, 0.717) is 26.2 Å². The van der Waals surface area contributed by atoms with Crippen LogP contribution in [-0.2, 0) is 16.1 Å². The van der Waals surface area contributed by atoms with E-state index in [9.17, 15) is 4.79 Å². The van der Waals surface area contributed by atoms with Crippen molar-refractivity contribution in [2.24, 2.45) is 0 Å². The van der Waals surface area contributed by atoms with Crippen molar-refractivity contribution in [3.05, 3.63) is 29.3 Å². The quantitative estimate of drug-likeness (QED) is 0.757. The molecule has 5 nitrogen and oxygen atoms in total. The molecule has 0 saturated heterocycles. The predicted octanol–water partition coefficient (Wildman–Crippen LogP) is 1.88. The van der Waals surface area contributed by atoms with Crippen LogP contribution in [0.1, 0.15) is 11.4 Å². The fraction of sp³-hybridized carbons (Fsp3) is 0.467. The van der Waals surface area contributed by atoms with Crippen LogP contribution < -0.4 is 5.32 Å². The van der Waals surface area contributed by atoms with E-state index in [1.54, 1.807) is 18.4 Å². The topological polar surface area (TPSA) is 54.5 Å². The highest BCUT2D eigenvalue weighted by atomic mass is 32.1. The van der Waals surface area contributed by atoms with Crippen molar-refractivity contribution in [2.75, 3.05) is 33.9 Å². The smallest absolute Gasteiger partial charge is 0.234 e.